The van der Waals surface area contributed by atoms with Crippen LogP contribution in [-0.4, -0.2) is 27.9 Å². The molecule has 3 aromatic rings. The Morgan fingerprint density at radius 3 is 2.50 bits per heavy atom. The third kappa shape index (κ3) is 5.23. The number of thioether (sulfide) groups is 1. The molecule has 0 radical (unpaired) electrons. The van der Waals surface area contributed by atoms with Crippen LogP contribution in [0.25, 0.3) is 11.5 Å². The maximum Gasteiger partial charge on any atom is 0.277 e. The zero-order valence-electron chi connectivity index (χ0n) is 16.4. The molecule has 0 saturated carbocycles. The minimum atomic E-state index is -0.320. The second kappa shape index (κ2) is 9.55. The van der Waals surface area contributed by atoms with Gasteiger partial charge in [-0.05, 0) is 38.0 Å². The van der Waals surface area contributed by atoms with Crippen molar-refractivity contribution < 1.29 is 9.21 Å². The maximum absolute atomic E-state index is 12.5. The molecule has 2 aromatic carbocycles. The van der Waals surface area contributed by atoms with Gasteiger partial charge in [-0.25, -0.2) is 0 Å². The summed E-state index contributed by atoms with van der Waals surface area (Å²) >= 11 is 1.27. The third-order valence-corrected chi connectivity index (χ3v) is 5.57. The minimum Gasteiger partial charge on any atom is -0.411 e. The molecule has 5 nitrogen and oxygen atoms in total. The molecule has 0 fully saturated rings. The van der Waals surface area contributed by atoms with Crippen molar-refractivity contribution in [2.45, 2.75) is 43.6 Å². The highest BCUT2D eigenvalue weighted by molar-refractivity contribution is 8.00. The Morgan fingerprint density at radius 2 is 1.82 bits per heavy atom. The van der Waals surface area contributed by atoms with Crippen molar-refractivity contribution in [2.75, 3.05) is 6.54 Å². The van der Waals surface area contributed by atoms with Crippen LogP contribution in [0, 0.1) is 6.92 Å². The molecule has 1 N–H and O–H groups in total. The minimum absolute atomic E-state index is 0.0329. The molecule has 0 unspecified atom stereocenters. The number of aryl methyl sites for hydroxylation is 1. The van der Waals surface area contributed by atoms with Crippen LogP contribution in [0.15, 0.2) is 64.2 Å². The molecule has 0 saturated heterocycles. The lowest BCUT2D eigenvalue weighted by atomic mass is 9.96. The lowest BCUT2D eigenvalue weighted by molar-refractivity contribution is -0.120. The van der Waals surface area contributed by atoms with Crippen LogP contribution in [0.2, 0.25) is 0 Å². The Labute approximate surface area is 170 Å². The molecule has 0 aliphatic heterocycles. The third-order valence-electron chi connectivity index (χ3n) is 4.64. The Hall–Kier alpha value is -2.60. The average Bonchev–Trinajstić information content (AvgIpc) is 3.18. The van der Waals surface area contributed by atoms with Crippen molar-refractivity contribution in [3.05, 3.63) is 65.7 Å². The molecule has 0 aliphatic carbocycles. The Bertz CT molecular complexity index is 894. The van der Waals surface area contributed by atoms with E-state index in [9.17, 15) is 4.79 Å². The number of nitrogens with zero attached hydrogens (tertiary/aromatic N) is 2. The molecule has 146 valence electrons. The fourth-order valence-corrected chi connectivity index (χ4v) is 3.57. The van der Waals surface area contributed by atoms with Crippen LogP contribution in [0.5, 0.6) is 0 Å². The number of carbonyl (C=O) groups excluding carboxylic acids is 1. The quantitative estimate of drug-likeness (QED) is 0.553. The summed E-state index contributed by atoms with van der Waals surface area (Å²) in [5, 5.41) is 11.3. The highest BCUT2D eigenvalue weighted by atomic mass is 32.2. The molecule has 3 rings (SSSR count). The lowest BCUT2D eigenvalue weighted by Crippen LogP contribution is -2.34. The van der Waals surface area contributed by atoms with Crippen LogP contribution in [-0.2, 0) is 4.79 Å². The topological polar surface area (TPSA) is 68.0 Å². The summed E-state index contributed by atoms with van der Waals surface area (Å²) in [6.45, 7) is 6.62. The van der Waals surface area contributed by atoms with Gasteiger partial charge in [-0.1, -0.05) is 66.7 Å². The first-order valence-corrected chi connectivity index (χ1v) is 10.3. The van der Waals surface area contributed by atoms with Gasteiger partial charge in [0.25, 0.3) is 5.22 Å². The van der Waals surface area contributed by atoms with Gasteiger partial charge in [0.15, 0.2) is 0 Å². The molecule has 1 amide bonds. The zero-order valence-corrected chi connectivity index (χ0v) is 17.2. The summed E-state index contributed by atoms with van der Waals surface area (Å²) in [7, 11) is 0. The fraction of sp³-hybridized carbons (Fsp3) is 0.318. The van der Waals surface area contributed by atoms with E-state index in [0.29, 0.717) is 23.6 Å². The predicted molar refractivity (Wildman–Crippen MR) is 112 cm³/mol. The van der Waals surface area contributed by atoms with Crippen molar-refractivity contribution in [2.24, 2.45) is 0 Å². The van der Waals surface area contributed by atoms with Crippen LogP contribution in [0.1, 0.15) is 37.3 Å². The van der Waals surface area contributed by atoms with Gasteiger partial charge >= 0.3 is 0 Å². The van der Waals surface area contributed by atoms with E-state index in [1.165, 1.54) is 22.9 Å². The predicted octanol–water partition coefficient (Wildman–Crippen LogP) is 4.84. The van der Waals surface area contributed by atoms with Gasteiger partial charge in [-0.2, -0.15) is 0 Å². The number of carbonyl (C=O) groups is 1. The number of hydrogen-bond acceptors (Lipinski definition) is 5. The number of hydrogen-bond donors (Lipinski definition) is 1. The second-order valence-electron chi connectivity index (χ2n) is 6.76. The number of rotatable bonds is 8. The summed E-state index contributed by atoms with van der Waals surface area (Å²) < 4.78 is 5.71. The van der Waals surface area contributed by atoms with Crippen molar-refractivity contribution in [3.8, 4) is 11.5 Å². The van der Waals surface area contributed by atoms with Crippen LogP contribution in [0.4, 0.5) is 0 Å². The first-order valence-electron chi connectivity index (χ1n) is 9.46. The molecule has 0 bridgehead atoms. The van der Waals surface area contributed by atoms with E-state index in [4.69, 9.17) is 4.42 Å². The van der Waals surface area contributed by atoms with E-state index in [1.807, 2.05) is 56.3 Å². The van der Waals surface area contributed by atoms with E-state index in [-0.39, 0.29) is 11.2 Å². The monoisotopic (exact) mass is 395 g/mol. The normalized spacial score (nSPS) is 13.1. The van der Waals surface area contributed by atoms with E-state index in [0.717, 1.165) is 12.0 Å². The van der Waals surface area contributed by atoms with Gasteiger partial charge < -0.3 is 9.73 Å². The Morgan fingerprint density at radius 1 is 1.11 bits per heavy atom. The Balaban J connectivity index is 1.55. The Kier molecular flexibility index (Phi) is 6.87. The molecular formula is C22H25N3O2S. The summed E-state index contributed by atoms with van der Waals surface area (Å²) in [5.41, 5.74) is 3.28. The van der Waals surface area contributed by atoms with Crippen LogP contribution in [0.3, 0.4) is 0 Å². The van der Waals surface area contributed by atoms with Crippen molar-refractivity contribution in [1.29, 1.82) is 0 Å². The van der Waals surface area contributed by atoms with E-state index < -0.39 is 0 Å². The summed E-state index contributed by atoms with van der Waals surface area (Å²) in [4.78, 5) is 12.5. The smallest absolute Gasteiger partial charge is 0.277 e. The average molecular weight is 396 g/mol. The molecule has 2 atom stereocenters. The van der Waals surface area contributed by atoms with Gasteiger partial charge in [0.1, 0.15) is 0 Å². The van der Waals surface area contributed by atoms with Gasteiger partial charge in [-0.3, -0.25) is 4.79 Å². The fourth-order valence-electron chi connectivity index (χ4n) is 2.87. The number of aromatic nitrogens is 2. The second-order valence-corrected chi connectivity index (χ2v) is 8.05. The zero-order chi connectivity index (χ0) is 19.9. The molecular weight excluding hydrogens is 370 g/mol. The van der Waals surface area contributed by atoms with Crippen molar-refractivity contribution >= 4 is 17.7 Å². The maximum atomic E-state index is 12.5. The first-order chi connectivity index (χ1) is 13.6. The van der Waals surface area contributed by atoms with Crippen LogP contribution < -0.4 is 5.32 Å². The molecule has 0 spiro atoms. The largest absolute Gasteiger partial charge is 0.411 e. The van der Waals surface area contributed by atoms with Crippen molar-refractivity contribution in [3.63, 3.8) is 0 Å². The molecule has 1 heterocycles. The molecule has 0 aliphatic rings. The van der Waals surface area contributed by atoms with Gasteiger partial charge in [0.05, 0.1) is 5.25 Å². The van der Waals surface area contributed by atoms with Gasteiger partial charge in [0, 0.05) is 18.0 Å². The number of benzene rings is 2. The highest BCUT2D eigenvalue weighted by Crippen LogP contribution is 2.26. The standard InChI is InChI=1S/C22H25N3O2S/c1-4-17(18-8-6-5-7-9-18)14-23-20(26)16(3)28-22-25-24-21(27-22)19-12-10-15(2)11-13-19/h5-13,16-17H,4,14H2,1-3H3,(H,23,26)/t16-,17-/m0/s1. The molecule has 6 heteroatoms. The van der Waals surface area contributed by atoms with Gasteiger partial charge in [0.2, 0.25) is 11.8 Å². The van der Waals surface area contributed by atoms with E-state index >= 15 is 0 Å². The first kappa shape index (κ1) is 20.1. The van der Waals surface area contributed by atoms with Crippen molar-refractivity contribution in [1.82, 2.24) is 15.5 Å². The molecule has 1 aromatic heterocycles. The van der Waals surface area contributed by atoms with E-state index in [2.05, 4.69) is 34.6 Å². The summed E-state index contributed by atoms with van der Waals surface area (Å²) in [5.74, 6) is 0.735. The number of amides is 1. The SMILES string of the molecule is CC[C@@H](CNC(=O)[C@H](C)Sc1nnc(-c2ccc(C)cc2)o1)c1ccccc1. The van der Waals surface area contributed by atoms with Crippen LogP contribution >= 0.6 is 11.8 Å². The molecule has 28 heavy (non-hydrogen) atoms. The number of nitrogens with one attached hydrogen (secondary N) is 1. The lowest BCUT2D eigenvalue weighted by Gasteiger charge is -2.17. The van der Waals surface area contributed by atoms with E-state index in [1.54, 1.807) is 0 Å². The highest BCUT2D eigenvalue weighted by Gasteiger charge is 2.20. The summed E-state index contributed by atoms with van der Waals surface area (Å²) in [6.07, 6.45) is 0.968. The van der Waals surface area contributed by atoms with Gasteiger partial charge in [-0.15, -0.1) is 10.2 Å². The summed E-state index contributed by atoms with van der Waals surface area (Å²) in [6, 6.07) is 18.2.